The second-order valence-electron chi connectivity index (χ2n) is 6.86. The quantitative estimate of drug-likeness (QED) is 0.527. The van der Waals surface area contributed by atoms with Crippen LogP contribution >= 0.6 is 0 Å². The summed E-state index contributed by atoms with van der Waals surface area (Å²) in [7, 11) is 0. The number of halogens is 2. The summed E-state index contributed by atoms with van der Waals surface area (Å²) in [4.78, 5) is 17.4. The molecule has 1 aliphatic heterocycles. The number of rotatable bonds is 3. The van der Waals surface area contributed by atoms with Gasteiger partial charge in [0.2, 0.25) is 0 Å². The van der Waals surface area contributed by atoms with Crippen molar-refractivity contribution < 1.29 is 16.3 Å². The van der Waals surface area contributed by atoms with E-state index in [1.165, 1.54) is 30.5 Å². The first-order valence-corrected chi connectivity index (χ1v) is 8.98. The largest absolute Gasteiger partial charge is 0.328 e. The average Bonchev–Trinajstić information content (AvgIpc) is 3.20. The fraction of sp³-hybridized carbons (Fsp3) is 0.136. The summed E-state index contributed by atoms with van der Waals surface area (Å²) in [5.74, 6) is -2.38. The van der Waals surface area contributed by atoms with Crippen molar-refractivity contribution in [3.8, 4) is 11.1 Å². The minimum atomic E-state index is -2.27. The monoisotopic (exact) mass is 392 g/mol. The maximum Gasteiger partial charge on any atom is 0.256 e. The second kappa shape index (κ2) is 6.48. The molecule has 5 nitrogen and oxygen atoms in total. The molecule has 3 aromatic heterocycles. The van der Waals surface area contributed by atoms with Gasteiger partial charge < -0.3 is 4.90 Å². The number of hydrogen-bond acceptors (Lipinski definition) is 3. The molecule has 4 heterocycles. The molecule has 1 amide bonds. The summed E-state index contributed by atoms with van der Waals surface area (Å²) < 4.78 is 48.2. The number of fused-ring (bicyclic) bond motifs is 2. The van der Waals surface area contributed by atoms with E-state index < -0.39 is 30.6 Å². The van der Waals surface area contributed by atoms with Crippen molar-refractivity contribution >= 4 is 11.4 Å². The molecular formula is C22H16F2N4O. The summed E-state index contributed by atoms with van der Waals surface area (Å²) in [5.41, 5.74) is 2.06. The predicted molar refractivity (Wildman–Crippen MR) is 103 cm³/mol. The summed E-state index contributed by atoms with van der Waals surface area (Å²) in [6.07, 6.45) is 3.13. The number of benzene rings is 1. The van der Waals surface area contributed by atoms with Gasteiger partial charge in [-0.2, -0.15) is 5.10 Å². The molecule has 0 unspecified atom stereocenters. The van der Waals surface area contributed by atoms with Crippen LogP contribution in [0.25, 0.3) is 16.6 Å². The molecule has 4 aromatic rings. The van der Waals surface area contributed by atoms with E-state index in [2.05, 4.69) is 10.1 Å². The van der Waals surface area contributed by atoms with E-state index in [9.17, 15) is 4.79 Å². The highest BCUT2D eigenvalue weighted by Gasteiger charge is 2.29. The Labute approximate surface area is 168 Å². The maximum absolute atomic E-state index is 15.0. The third kappa shape index (κ3) is 2.86. The molecule has 0 N–H and O–H groups in total. The lowest BCUT2D eigenvalue weighted by Gasteiger charge is -2.17. The minimum Gasteiger partial charge on any atom is -0.328 e. The Morgan fingerprint density at radius 3 is 2.66 bits per heavy atom. The topological polar surface area (TPSA) is 50.5 Å². The second-order valence-corrected chi connectivity index (χ2v) is 6.86. The standard InChI is InChI=1S/C22H16F2N4O/c1-13-8-21-15(5-3-7-28(21)26-13)14-9-18(23)17(19(24)10-14)11-27-12-20-16(22(27)29)4-2-6-25-20/h2-10H,11-12H2,1H3/i12D2. The van der Waals surface area contributed by atoms with Crippen molar-refractivity contribution in [2.75, 3.05) is 0 Å². The first-order chi connectivity index (χ1) is 14.8. The third-order valence-corrected chi connectivity index (χ3v) is 4.92. The summed E-state index contributed by atoms with van der Waals surface area (Å²) >= 11 is 0. The Kier molecular flexibility index (Phi) is 3.42. The van der Waals surface area contributed by atoms with Crippen LogP contribution in [0.1, 0.15) is 30.1 Å². The van der Waals surface area contributed by atoms with E-state index in [0.29, 0.717) is 16.6 Å². The number of amides is 1. The molecule has 5 rings (SSSR count). The highest BCUT2D eigenvalue weighted by molar-refractivity contribution is 5.97. The van der Waals surface area contributed by atoms with Gasteiger partial charge in [-0.1, -0.05) is 6.07 Å². The molecule has 0 bridgehead atoms. The lowest BCUT2D eigenvalue weighted by Crippen LogP contribution is -2.24. The normalized spacial score (nSPS) is 16.1. The van der Waals surface area contributed by atoms with Crippen LogP contribution in [0.15, 0.2) is 54.9 Å². The van der Waals surface area contributed by atoms with E-state index in [-0.39, 0.29) is 16.8 Å². The predicted octanol–water partition coefficient (Wildman–Crippen LogP) is 4.14. The van der Waals surface area contributed by atoms with E-state index >= 15 is 8.78 Å². The smallest absolute Gasteiger partial charge is 0.256 e. The Morgan fingerprint density at radius 1 is 1.14 bits per heavy atom. The van der Waals surface area contributed by atoms with Crippen LogP contribution < -0.4 is 0 Å². The summed E-state index contributed by atoms with van der Waals surface area (Å²) in [6.45, 7) is -1.00. The maximum atomic E-state index is 15.0. The number of nitrogens with zero attached hydrogens (tertiary/aromatic N) is 4. The van der Waals surface area contributed by atoms with Gasteiger partial charge in [-0.15, -0.1) is 0 Å². The van der Waals surface area contributed by atoms with Crippen LogP contribution in [-0.2, 0) is 13.0 Å². The van der Waals surface area contributed by atoms with Gasteiger partial charge in [0.25, 0.3) is 5.91 Å². The zero-order valence-corrected chi connectivity index (χ0v) is 15.4. The SMILES string of the molecule is [2H]C1([2H])c2ncccc2C(=O)N1Cc1c(F)cc(-c2cccn3nc(C)cc23)cc1F. The van der Waals surface area contributed by atoms with Gasteiger partial charge in [0.15, 0.2) is 0 Å². The molecule has 0 saturated heterocycles. The molecule has 0 saturated carbocycles. The number of hydrogen-bond donors (Lipinski definition) is 0. The molecule has 0 fully saturated rings. The molecule has 0 aliphatic carbocycles. The molecule has 1 aliphatic rings. The summed E-state index contributed by atoms with van der Waals surface area (Å²) in [5, 5.41) is 4.31. The van der Waals surface area contributed by atoms with Gasteiger partial charge in [-0.25, -0.2) is 13.3 Å². The van der Waals surface area contributed by atoms with E-state index in [0.717, 1.165) is 10.6 Å². The first-order valence-electron chi connectivity index (χ1n) is 9.98. The zero-order chi connectivity index (χ0) is 21.9. The highest BCUT2D eigenvalue weighted by atomic mass is 19.1. The van der Waals surface area contributed by atoms with Crippen molar-refractivity contribution in [2.24, 2.45) is 0 Å². The van der Waals surface area contributed by atoms with Crippen molar-refractivity contribution in [3.63, 3.8) is 0 Å². The highest BCUT2D eigenvalue weighted by Crippen LogP contribution is 2.30. The van der Waals surface area contributed by atoms with Gasteiger partial charge in [-0.05, 0) is 48.9 Å². The Bertz CT molecular complexity index is 1350. The third-order valence-electron chi connectivity index (χ3n) is 4.92. The van der Waals surface area contributed by atoms with Gasteiger partial charge in [0.05, 0.1) is 38.3 Å². The van der Waals surface area contributed by atoms with Crippen LogP contribution in [0, 0.1) is 18.6 Å². The van der Waals surface area contributed by atoms with Gasteiger partial charge in [-0.3, -0.25) is 9.78 Å². The Balaban J connectivity index is 1.55. The molecule has 0 radical (unpaired) electrons. The number of carbonyl (C=O) groups excluding carboxylic acids is 1. The van der Waals surface area contributed by atoms with Gasteiger partial charge >= 0.3 is 0 Å². The molecule has 0 atom stereocenters. The molecule has 29 heavy (non-hydrogen) atoms. The Morgan fingerprint density at radius 2 is 1.90 bits per heavy atom. The van der Waals surface area contributed by atoms with Crippen LogP contribution in [0.2, 0.25) is 0 Å². The van der Waals surface area contributed by atoms with Crippen molar-refractivity contribution in [1.29, 1.82) is 0 Å². The fourth-order valence-electron chi connectivity index (χ4n) is 3.55. The number of pyridine rings is 2. The number of aryl methyl sites for hydroxylation is 1. The molecule has 7 heteroatoms. The van der Waals surface area contributed by atoms with Crippen molar-refractivity contribution in [1.82, 2.24) is 19.5 Å². The fourth-order valence-corrected chi connectivity index (χ4v) is 3.55. The van der Waals surface area contributed by atoms with Crippen molar-refractivity contribution in [2.45, 2.75) is 20.0 Å². The van der Waals surface area contributed by atoms with Crippen LogP contribution in [0.4, 0.5) is 8.78 Å². The van der Waals surface area contributed by atoms with E-state index in [4.69, 9.17) is 2.74 Å². The zero-order valence-electron chi connectivity index (χ0n) is 17.4. The van der Waals surface area contributed by atoms with Crippen LogP contribution in [-0.4, -0.2) is 25.4 Å². The van der Waals surface area contributed by atoms with Crippen LogP contribution in [0.3, 0.4) is 0 Å². The van der Waals surface area contributed by atoms with Crippen molar-refractivity contribution in [3.05, 3.63) is 89.0 Å². The molecular weight excluding hydrogens is 374 g/mol. The lowest BCUT2D eigenvalue weighted by molar-refractivity contribution is 0.0763. The average molecular weight is 392 g/mol. The minimum absolute atomic E-state index is 0.0554. The number of aromatic nitrogens is 3. The van der Waals surface area contributed by atoms with Crippen LogP contribution in [0.5, 0.6) is 0 Å². The van der Waals surface area contributed by atoms with Gasteiger partial charge in [0, 0.05) is 23.5 Å². The van der Waals surface area contributed by atoms with Gasteiger partial charge in [0.1, 0.15) is 11.6 Å². The molecule has 1 aromatic carbocycles. The van der Waals surface area contributed by atoms with E-state index in [1.807, 2.05) is 13.0 Å². The Hall–Kier alpha value is -3.61. The molecule has 0 spiro atoms. The summed E-state index contributed by atoms with van der Waals surface area (Å²) in [6, 6.07) is 10.7. The first kappa shape index (κ1) is 15.3. The molecule has 144 valence electrons. The number of carbonyl (C=O) groups is 1. The van der Waals surface area contributed by atoms with E-state index in [1.54, 1.807) is 22.8 Å². The lowest BCUT2D eigenvalue weighted by atomic mass is 10.0.